The van der Waals surface area contributed by atoms with Gasteiger partial charge in [-0.3, -0.25) is 29.3 Å². The number of imidazole rings is 1. The van der Waals surface area contributed by atoms with Gasteiger partial charge >= 0.3 is 5.97 Å². The first-order valence-electron chi connectivity index (χ1n) is 18.6. The molecule has 2 fully saturated rings. The maximum atomic E-state index is 13.7. The fraction of sp³-hybridized carbons (Fsp3) is 0.462. The van der Waals surface area contributed by atoms with Crippen LogP contribution in [0.5, 0.6) is 0 Å². The minimum absolute atomic E-state index is 0.183. The zero-order chi connectivity index (χ0) is 36.9. The van der Waals surface area contributed by atoms with Gasteiger partial charge in [-0.15, -0.1) is 0 Å². The Labute approximate surface area is 318 Å². The summed E-state index contributed by atoms with van der Waals surface area (Å²) in [5.41, 5.74) is 5.54. The van der Waals surface area contributed by atoms with E-state index in [9.17, 15) is 14.4 Å². The predicted molar refractivity (Wildman–Crippen MR) is 203 cm³/mol. The van der Waals surface area contributed by atoms with E-state index in [1.165, 1.54) is 38.5 Å². The monoisotopic (exact) mass is 758 g/mol. The quantitative estimate of drug-likeness (QED) is 0.129. The summed E-state index contributed by atoms with van der Waals surface area (Å²) in [6.45, 7) is 3.26. The molecule has 2 aromatic carbocycles. The Balaban J connectivity index is 0.949. The molecule has 8 rings (SSSR count). The zero-order valence-electron chi connectivity index (χ0n) is 29.8. The van der Waals surface area contributed by atoms with Crippen molar-refractivity contribution in [3.05, 3.63) is 81.1 Å². The number of rotatable bonds is 11. The lowest BCUT2D eigenvalue weighted by Gasteiger charge is -2.32. The number of nitrogens with one attached hydrogen (secondary N) is 3. The molecule has 14 heteroatoms. The number of aryl methyl sites for hydroxylation is 1. The number of fused-ring (bicyclic) bond motifs is 4. The second kappa shape index (κ2) is 14.5. The lowest BCUT2D eigenvalue weighted by molar-refractivity contribution is -0.136. The van der Waals surface area contributed by atoms with Crippen molar-refractivity contribution >= 4 is 52.4 Å². The smallest absolute Gasteiger partial charge is 0.317 e. The van der Waals surface area contributed by atoms with Crippen LogP contribution in [0.4, 0.5) is 11.4 Å². The van der Waals surface area contributed by atoms with Gasteiger partial charge in [-0.2, -0.15) is 5.10 Å². The summed E-state index contributed by atoms with van der Waals surface area (Å²) in [4.78, 5) is 45.5. The molecule has 0 spiro atoms. The lowest BCUT2D eigenvalue weighted by Crippen LogP contribution is -2.34. The van der Waals surface area contributed by atoms with Gasteiger partial charge in [0, 0.05) is 56.0 Å². The number of benzene rings is 2. The van der Waals surface area contributed by atoms with Crippen LogP contribution in [-0.2, 0) is 31.4 Å². The highest BCUT2D eigenvalue weighted by atomic mass is 35.5. The van der Waals surface area contributed by atoms with Gasteiger partial charge in [0.1, 0.15) is 0 Å². The number of aromatic nitrogens is 4. The number of hydrogen-bond donors (Lipinski definition) is 4. The number of nitrogens with zero attached hydrogens (tertiary/aromatic N) is 5. The number of aliphatic carboxylic acids is 1. The van der Waals surface area contributed by atoms with E-state index in [0.29, 0.717) is 45.3 Å². The van der Waals surface area contributed by atoms with Gasteiger partial charge in [0.15, 0.2) is 11.5 Å². The molecule has 53 heavy (non-hydrogen) atoms. The molecule has 2 aliphatic carbocycles. The third-order valence-electron chi connectivity index (χ3n) is 11.9. The Morgan fingerprint density at radius 3 is 2.32 bits per heavy atom. The first-order chi connectivity index (χ1) is 25.6. The molecule has 4 N–H and O–H groups in total. The minimum Gasteiger partial charge on any atom is -0.480 e. The molecule has 2 aromatic heterocycles. The second-order valence-corrected chi connectivity index (χ2v) is 16.0. The van der Waals surface area contributed by atoms with E-state index in [0.717, 1.165) is 61.9 Å². The number of carbonyl (C=O) groups excluding carboxylic acids is 2. The summed E-state index contributed by atoms with van der Waals surface area (Å²) in [5, 5.41) is 23.0. The molecule has 2 amide bonds. The highest BCUT2D eigenvalue weighted by molar-refractivity contribution is 6.40. The summed E-state index contributed by atoms with van der Waals surface area (Å²) in [7, 11) is 1.90. The normalized spacial score (nSPS) is 22.0. The van der Waals surface area contributed by atoms with E-state index in [1.807, 2.05) is 17.7 Å². The van der Waals surface area contributed by atoms with E-state index in [2.05, 4.69) is 25.9 Å². The first kappa shape index (κ1) is 35.8. The van der Waals surface area contributed by atoms with Crippen molar-refractivity contribution in [1.29, 1.82) is 0 Å². The summed E-state index contributed by atoms with van der Waals surface area (Å²) >= 11 is 13.8. The fourth-order valence-electron chi connectivity index (χ4n) is 9.08. The molecule has 4 aromatic rings. The van der Waals surface area contributed by atoms with Gasteiger partial charge in [-0.1, -0.05) is 47.5 Å². The summed E-state index contributed by atoms with van der Waals surface area (Å²) in [6.07, 6.45) is 10.7. The van der Waals surface area contributed by atoms with Gasteiger partial charge in [-0.25, -0.2) is 4.98 Å². The molecule has 2 bridgehead atoms. The van der Waals surface area contributed by atoms with Crippen LogP contribution in [0.15, 0.2) is 42.5 Å². The Morgan fingerprint density at radius 1 is 0.962 bits per heavy atom. The number of carboxylic acids is 1. The Morgan fingerprint density at radius 2 is 1.66 bits per heavy atom. The van der Waals surface area contributed by atoms with Crippen LogP contribution in [0.3, 0.4) is 0 Å². The second-order valence-electron chi connectivity index (χ2n) is 15.2. The number of hydrogen-bond acceptors (Lipinski definition) is 7. The van der Waals surface area contributed by atoms with Crippen molar-refractivity contribution in [1.82, 2.24) is 29.5 Å². The molecule has 0 saturated heterocycles. The molecule has 1 atom stereocenters. The van der Waals surface area contributed by atoms with Crippen LogP contribution in [-0.4, -0.2) is 66.8 Å². The van der Waals surface area contributed by atoms with E-state index in [-0.39, 0.29) is 29.2 Å². The zero-order valence-corrected chi connectivity index (χ0v) is 31.3. The SMILES string of the molecule is Cn1c(C(=O)Nc2cccc(-c3cccc(NC(=O)c4cc5n(n4)CCCC5NCC(=O)O)c3Cl)c2Cl)nc2c1CCN(CCC13CCC(CC1)C3)C2. The summed E-state index contributed by atoms with van der Waals surface area (Å²) in [5.74, 6) is -0.439. The number of carboxylic acid groups (broad SMARTS) is 1. The van der Waals surface area contributed by atoms with Crippen molar-refractivity contribution in [3.8, 4) is 11.1 Å². The topological polar surface area (TPSA) is 146 Å². The fourth-order valence-corrected chi connectivity index (χ4v) is 9.63. The molecular weight excluding hydrogens is 715 g/mol. The molecule has 2 aliphatic heterocycles. The first-order valence-corrected chi connectivity index (χ1v) is 19.3. The Bertz CT molecular complexity index is 2080. The Hall–Kier alpha value is -4.23. The van der Waals surface area contributed by atoms with Crippen LogP contribution in [0, 0.1) is 11.3 Å². The van der Waals surface area contributed by atoms with Crippen molar-refractivity contribution < 1.29 is 19.5 Å². The number of anilines is 2. The van der Waals surface area contributed by atoms with Crippen LogP contribution >= 0.6 is 23.2 Å². The standard InChI is InChI=1S/C39H44Cl2N8O4/c1-47-31-12-17-48(18-15-39-13-10-23(20-39)11-14-39)22-30(31)43-36(47)38(53)45-28-8-3-6-25(35(28)41)24-5-2-7-27(34(24)40)44-37(52)29-19-32-26(42-21-33(50)51)9-4-16-49(32)46-29/h2-3,5-8,19,23,26,42H,4,9-18,20-22H2,1H3,(H,44,52)(H,45,53)(H,50,51). The van der Waals surface area contributed by atoms with Crippen LogP contribution < -0.4 is 16.0 Å². The minimum atomic E-state index is -0.948. The van der Waals surface area contributed by atoms with E-state index in [4.69, 9.17) is 33.3 Å². The van der Waals surface area contributed by atoms with Gasteiger partial charge in [0.05, 0.1) is 39.4 Å². The van der Waals surface area contributed by atoms with Crippen molar-refractivity contribution in [2.24, 2.45) is 18.4 Å². The third kappa shape index (κ3) is 7.09. The number of halogens is 2. The molecule has 4 heterocycles. The molecule has 4 aliphatic rings. The van der Waals surface area contributed by atoms with Gasteiger partial charge < -0.3 is 20.3 Å². The van der Waals surface area contributed by atoms with Gasteiger partial charge in [0.2, 0.25) is 0 Å². The van der Waals surface area contributed by atoms with E-state index >= 15 is 0 Å². The molecule has 0 radical (unpaired) electrons. The molecule has 12 nitrogen and oxygen atoms in total. The van der Waals surface area contributed by atoms with E-state index in [1.54, 1.807) is 41.1 Å². The summed E-state index contributed by atoms with van der Waals surface area (Å²) in [6, 6.07) is 12.1. The lowest BCUT2D eigenvalue weighted by atomic mass is 9.81. The molecule has 2 saturated carbocycles. The number of carbonyl (C=O) groups is 3. The molecule has 1 unspecified atom stereocenters. The van der Waals surface area contributed by atoms with Crippen molar-refractivity contribution in [3.63, 3.8) is 0 Å². The predicted octanol–water partition coefficient (Wildman–Crippen LogP) is 6.93. The largest absolute Gasteiger partial charge is 0.480 e. The summed E-state index contributed by atoms with van der Waals surface area (Å²) < 4.78 is 3.65. The molecular formula is C39H44Cl2N8O4. The maximum Gasteiger partial charge on any atom is 0.317 e. The molecule has 278 valence electrons. The Kier molecular flexibility index (Phi) is 9.82. The average Bonchev–Trinajstić information content (AvgIpc) is 3.95. The van der Waals surface area contributed by atoms with Crippen molar-refractivity contribution in [2.45, 2.75) is 76.9 Å². The van der Waals surface area contributed by atoms with Gasteiger partial charge in [0.25, 0.3) is 11.8 Å². The highest BCUT2D eigenvalue weighted by Crippen LogP contribution is 2.56. The maximum absolute atomic E-state index is 13.7. The number of amides is 2. The van der Waals surface area contributed by atoms with Crippen LogP contribution in [0.2, 0.25) is 10.0 Å². The average molecular weight is 760 g/mol. The van der Waals surface area contributed by atoms with Crippen LogP contribution in [0.25, 0.3) is 11.1 Å². The van der Waals surface area contributed by atoms with E-state index < -0.39 is 11.9 Å². The third-order valence-corrected chi connectivity index (χ3v) is 12.7. The van der Waals surface area contributed by atoms with Gasteiger partial charge in [-0.05, 0) is 87.4 Å². The highest BCUT2D eigenvalue weighted by Gasteiger charge is 2.44. The van der Waals surface area contributed by atoms with Crippen LogP contribution in [0.1, 0.15) is 95.6 Å². The van der Waals surface area contributed by atoms with Crippen molar-refractivity contribution in [2.75, 3.05) is 30.3 Å².